The van der Waals surface area contributed by atoms with Crippen molar-refractivity contribution in [2.45, 2.75) is 6.54 Å². The first-order chi connectivity index (χ1) is 15.2. The fourth-order valence-corrected chi connectivity index (χ4v) is 3.19. The Morgan fingerprint density at radius 1 is 0.839 bits per heavy atom. The maximum absolute atomic E-state index is 12.3. The first kappa shape index (κ1) is 20.2. The van der Waals surface area contributed by atoms with Gasteiger partial charge in [0.2, 0.25) is 0 Å². The number of carbonyl (C=O) groups is 1. The second kappa shape index (κ2) is 9.17. The van der Waals surface area contributed by atoms with Crippen molar-refractivity contribution >= 4 is 5.91 Å². The normalized spacial score (nSPS) is 10.5. The lowest BCUT2D eigenvalue weighted by Crippen LogP contribution is -2.22. The van der Waals surface area contributed by atoms with Crippen LogP contribution in [0.1, 0.15) is 15.9 Å². The smallest absolute Gasteiger partial charge is 0.251 e. The van der Waals surface area contributed by atoms with E-state index in [0.29, 0.717) is 12.1 Å². The summed E-state index contributed by atoms with van der Waals surface area (Å²) in [6, 6.07) is 22.8. The van der Waals surface area contributed by atoms with Gasteiger partial charge in [-0.1, -0.05) is 24.3 Å². The lowest BCUT2D eigenvalue weighted by atomic mass is 10.1. The molecule has 0 aliphatic heterocycles. The molecule has 0 saturated heterocycles. The number of amides is 1. The van der Waals surface area contributed by atoms with Gasteiger partial charge in [-0.25, -0.2) is 4.98 Å². The number of nitrogens with zero attached hydrogens (tertiary/aromatic N) is 1. The lowest BCUT2D eigenvalue weighted by molar-refractivity contribution is 0.0951. The highest BCUT2D eigenvalue weighted by Crippen LogP contribution is 2.24. The Hall–Kier alpha value is -4.06. The van der Waals surface area contributed by atoms with Gasteiger partial charge >= 0.3 is 0 Å². The molecule has 0 aliphatic carbocycles. The Balaban J connectivity index is 1.38. The van der Waals surface area contributed by atoms with Crippen LogP contribution in [0.3, 0.4) is 0 Å². The molecule has 0 bridgehead atoms. The SMILES string of the molecule is COc1ccc(C(=O)NCc2ccc(-c3ncc(-c4ccc(OC)cc4)[nH]3)cc2)cc1. The van der Waals surface area contributed by atoms with Crippen molar-refractivity contribution < 1.29 is 14.3 Å². The van der Waals surface area contributed by atoms with E-state index in [1.54, 1.807) is 38.5 Å². The van der Waals surface area contributed by atoms with Crippen LogP contribution in [0, 0.1) is 0 Å². The Kier molecular flexibility index (Phi) is 5.98. The monoisotopic (exact) mass is 413 g/mol. The second-order valence-corrected chi connectivity index (χ2v) is 6.98. The fraction of sp³-hybridized carbons (Fsp3) is 0.120. The molecule has 0 unspecified atom stereocenters. The number of aromatic amines is 1. The number of hydrogen-bond donors (Lipinski definition) is 2. The molecule has 3 aromatic carbocycles. The molecule has 0 fully saturated rings. The number of carbonyl (C=O) groups excluding carboxylic acids is 1. The molecule has 1 aromatic heterocycles. The first-order valence-corrected chi connectivity index (χ1v) is 9.87. The van der Waals surface area contributed by atoms with Gasteiger partial charge in [0, 0.05) is 17.7 Å². The van der Waals surface area contributed by atoms with Crippen LogP contribution < -0.4 is 14.8 Å². The number of rotatable bonds is 7. The van der Waals surface area contributed by atoms with Crippen LogP contribution in [-0.4, -0.2) is 30.1 Å². The van der Waals surface area contributed by atoms with E-state index in [2.05, 4.69) is 15.3 Å². The predicted octanol–water partition coefficient (Wildman–Crippen LogP) is 4.69. The number of hydrogen-bond acceptors (Lipinski definition) is 4. The summed E-state index contributed by atoms with van der Waals surface area (Å²) in [6.07, 6.45) is 1.82. The van der Waals surface area contributed by atoms with E-state index in [1.165, 1.54) is 0 Å². The van der Waals surface area contributed by atoms with Gasteiger partial charge in [-0.15, -0.1) is 0 Å². The summed E-state index contributed by atoms with van der Waals surface area (Å²) in [4.78, 5) is 20.2. The van der Waals surface area contributed by atoms with Crippen molar-refractivity contribution in [3.63, 3.8) is 0 Å². The topological polar surface area (TPSA) is 76.2 Å². The average Bonchev–Trinajstić information content (AvgIpc) is 3.33. The summed E-state index contributed by atoms with van der Waals surface area (Å²) in [6.45, 7) is 0.445. The molecule has 2 N–H and O–H groups in total. The molecule has 1 heterocycles. The number of imidazole rings is 1. The van der Waals surface area contributed by atoms with E-state index < -0.39 is 0 Å². The summed E-state index contributed by atoms with van der Waals surface area (Å²) in [5, 5.41) is 2.93. The average molecular weight is 413 g/mol. The Labute approximate surface area is 180 Å². The van der Waals surface area contributed by atoms with Gasteiger partial charge in [0.15, 0.2) is 0 Å². The Bertz CT molecular complexity index is 1150. The van der Waals surface area contributed by atoms with Gasteiger partial charge in [-0.05, 0) is 59.7 Å². The summed E-state index contributed by atoms with van der Waals surface area (Å²) in [5.74, 6) is 2.21. The number of ether oxygens (including phenoxy) is 2. The molecule has 0 atom stereocenters. The molecule has 0 radical (unpaired) electrons. The molecule has 0 aliphatic rings. The van der Waals surface area contributed by atoms with Crippen molar-refractivity contribution in [1.82, 2.24) is 15.3 Å². The highest BCUT2D eigenvalue weighted by Gasteiger charge is 2.08. The molecule has 4 rings (SSSR count). The Morgan fingerprint density at radius 3 is 2.03 bits per heavy atom. The number of H-pyrrole nitrogens is 1. The van der Waals surface area contributed by atoms with Gasteiger partial charge in [-0.2, -0.15) is 0 Å². The highest BCUT2D eigenvalue weighted by molar-refractivity contribution is 5.94. The molecule has 1 amide bonds. The largest absolute Gasteiger partial charge is 0.497 e. The molecule has 6 heteroatoms. The van der Waals surface area contributed by atoms with E-state index in [9.17, 15) is 4.79 Å². The molecular weight excluding hydrogens is 390 g/mol. The third-order valence-electron chi connectivity index (χ3n) is 5.01. The van der Waals surface area contributed by atoms with Crippen molar-refractivity contribution in [3.05, 3.63) is 90.1 Å². The summed E-state index contributed by atoms with van der Waals surface area (Å²) in [7, 11) is 3.25. The van der Waals surface area contributed by atoms with Crippen molar-refractivity contribution in [2.24, 2.45) is 0 Å². The van der Waals surface area contributed by atoms with Gasteiger partial charge < -0.3 is 19.8 Å². The molecule has 0 spiro atoms. The summed E-state index contributed by atoms with van der Waals surface area (Å²) < 4.78 is 10.3. The first-order valence-electron chi connectivity index (χ1n) is 9.87. The standard InChI is InChI=1S/C25H23N3O3/c1-30-21-11-7-18(8-12-21)23-16-26-24(28-23)19-5-3-17(4-6-19)15-27-25(29)20-9-13-22(31-2)14-10-20/h3-14,16H,15H2,1-2H3,(H,26,28)(H,27,29). The molecule has 31 heavy (non-hydrogen) atoms. The Morgan fingerprint density at radius 2 is 1.42 bits per heavy atom. The zero-order chi connectivity index (χ0) is 21.6. The second-order valence-electron chi connectivity index (χ2n) is 6.98. The minimum atomic E-state index is -0.123. The van der Waals surface area contributed by atoms with Crippen LogP contribution in [0.2, 0.25) is 0 Å². The highest BCUT2D eigenvalue weighted by atomic mass is 16.5. The third kappa shape index (κ3) is 4.75. The third-order valence-corrected chi connectivity index (χ3v) is 5.01. The van der Waals surface area contributed by atoms with E-state index in [4.69, 9.17) is 9.47 Å². The summed E-state index contributed by atoms with van der Waals surface area (Å²) in [5.41, 5.74) is 4.56. The van der Waals surface area contributed by atoms with Crippen molar-refractivity contribution in [3.8, 4) is 34.1 Å². The van der Waals surface area contributed by atoms with Gasteiger partial charge in [0.25, 0.3) is 5.91 Å². The van der Waals surface area contributed by atoms with E-state index in [1.807, 2.05) is 54.7 Å². The van der Waals surface area contributed by atoms with Crippen LogP contribution in [-0.2, 0) is 6.54 Å². The molecular formula is C25H23N3O3. The number of aromatic nitrogens is 2. The summed E-state index contributed by atoms with van der Waals surface area (Å²) >= 11 is 0. The van der Waals surface area contributed by atoms with E-state index in [0.717, 1.165) is 39.7 Å². The quantitative estimate of drug-likeness (QED) is 0.461. The maximum atomic E-state index is 12.3. The van der Waals surface area contributed by atoms with Gasteiger partial charge in [-0.3, -0.25) is 4.79 Å². The lowest BCUT2D eigenvalue weighted by Gasteiger charge is -2.07. The number of nitrogens with one attached hydrogen (secondary N) is 2. The minimum absolute atomic E-state index is 0.123. The maximum Gasteiger partial charge on any atom is 0.251 e. The molecule has 6 nitrogen and oxygen atoms in total. The number of methoxy groups -OCH3 is 2. The van der Waals surface area contributed by atoms with Crippen molar-refractivity contribution in [1.29, 1.82) is 0 Å². The van der Waals surface area contributed by atoms with E-state index in [-0.39, 0.29) is 5.91 Å². The predicted molar refractivity (Wildman–Crippen MR) is 120 cm³/mol. The van der Waals surface area contributed by atoms with Crippen LogP contribution in [0.5, 0.6) is 11.5 Å². The minimum Gasteiger partial charge on any atom is -0.497 e. The molecule has 156 valence electrons. The van der Waals surface area contributed by atoms with Crippen LogP contribution >= 0.6 is 0 Å². The van der Waals surface area contributed by atoms with Crippen LogP contribution in [0.4, 0.5) is 0 Å². The number of benzene rings is 3. The van der Waals surface area contributed by atoms with Gasteiger partial charge in [0.05, 0.1) is 26.1 Å². The fourth-order valence-electron chi connectivity index (χ4n) is 3.19. The van der Waals surface area contributed by atoms with Crippen molar-refractivity contribution in [2.75, 3.05) is 14.2 Å². The zero-order valence-corrected chi connectivity index (χ0v) is 17.4. The molecule has 4 aromatic rings. The van der Waals surface area contributed by atoms with E-state index >= 15 is 0 Å². The van der Waals surface area contributed by atoms with Crippen LogP contribution in [0.25, 0.3) is 22.6 Å². The zero-order valence-electron chi connectivity index (χ0n) is 17.4. The van der Waals surface area contributed by atoms with Crippen LogP contribution in [0.15, 0.2) is 79.0 Å². The van der Waals surface area contributed by atoms with Gasteiger partial charge in [0.1, 0.15) is 17.3 Å². The molecule has 0 saturated carbocycles.